The van der Waals surface area contributed by atoms with Crippen molar-refractivity contribution in [2.45, 2.75) is 6.04 Å². The molecule has 1 aliphatic heterocycles. The molecule has 2 rings (SSSR count). The highest BCUT2D eigenvalue weighted by molar-refractivity contribution is 14.0. The fourth-order valence-corrected chi connectivity index (χ4v) is 3.32. The molecule has 1 fully saturated rings. The first-order valence-electron chi connectivity index (χ1n) is 8.26. The van der Waals surface area contributed by atoms with E-state index in [1.165, 1.54) is 0 Å². The number of morpholine rings is 1. The Morgan fingerprint density at radius 2 is 2.04 bits per heavy atom. The maximum atomic E-state index is 6.46. The summed E-state index contributed by atoms with van der Waals surface area (Å²) >= 11 is 8.27. The van der Waals surface area contributed by atoms with Gasteiger partial charge >= 0.3 is 0 Å². The summed E-state index contributed by atoms with van der Waals surface area (Å²) in [5.41, 5.74) is 1.15. The van der Waals surface area contributed by atoms with E-state index >= 15 is 0 Å². The molecule has 1 heterocycles. The Kier molecular flexibility index (Phi) is 11.9. The average Bonchev–Trinajstić information content (AvgIpc) is 2.62. The van der Waals surface area contributed by atoms with E-state index in [1.54, 1.807) is 7.05 Å². The first-order chi connectivity index (χ1) is 11.8. The van der Waals surface area contributed by atoms with Crippen molar-refractivity contribution in [3.8, 4) is 0 Å². The Morgan fingerprint density at radius 3 is 2.68 bits per heavy atom. The van der Waals surface area contributed by atoms with Crippen LogP contribution in [0.2, 0.25) is 5.02 Å². The third-order valence-electron chi connectivity index (χ3n) is 4.04. The molecule has 5 nitrogen and oxygen atoms in total. The molecule has 8 heteroatoms. The zero-order chi connectivity index (χ0) is 17.2. The van der Waals surface area contributed by atoms with E-state index in [4.69, 9.17) is 16.3 Å². The van der Waals surface area contributed by atoms with Gasteiger partial charge in [0.2, 0.25) is 0 Å². The molecule has 142 valence electrons. The van der Waals surface area contributed by atoms with Crippen molar-refractivity contribution in [2.75, 3.05) is 58.4 Å². The molecule has 0 bridgehead atoms. The van der Waals surface area contributed by atoms with Crippen LogP contribution in [0.25, 0.3) is 0 Å². The van der Waals surface area contributed by atoms with Gasteiger partial charge in [-0.25, -0.2) is 0 Å². The molecule has 0 spiro atoms. The molecule has 0 radical (unpaired) electrons. The van der Waals surface area contributed by atoms with Gasteiger partial charge < -0.3 is 15.4 Å². The van der Waals surface area contributed by atoms with Crippen LogP contribution < -0.4 is 10.6 Å². The summed E-state index contributed by atoms with van der Waals surface area (Å²) in [5.74, 6) is 1.88. The van der Waals surface area contributed by atoms with Crippen molar-refractivity contribution in [2.24, 2.45) is 4.99 Å². The van der Waals surface area contributed by atoms with E-state index in [0.29, 0.717) is 0 Å². The second-order valence-electron chi connectivity index (χ2n) is 5.56. The molecule has 2 N–H and O–H groups in total. The Bertz CT molecular complexity index is 529. The number of thioether (sulfide) groups is 1. The lowest BCUT2D eigenvalue weighted by Crippen LogP contribution is -2.46. The summed E-state index contributed by atoms with van der Waals surface area (Å²) in [5, 5.41) is 7.58. The molecular weight excluding hydrogens is 471 g/mol. The van der Waals surface area contributed by atoms with Crippen molar-refractivity contribution in [1.82, 2.24) is 15.5 Å². The van der Waals surface area contributed by atoms with E-state index in [1.807, 2.05) is 30.0 Å². The Morgan fingerprint density at radius 1 is 1.32 bits per heavy atom. The van der Waals surface area contributed by atoms with E-state index in [0.717, 1.165) is 61.7 Å². The number of benzene rings is 1. The number of hydrogen-bond donors (Lipinski definition) is 2. The van der Waals surface area contributed by atoms with Crippen LogP contribution >= 0.6 is 47.3 Å². The van der Waals surface area contributed by atoms with E-state index in [9.17, 15) is 0 Å². The molecule has 1 aromatic rings. The zero-order valence-electron chi connectivity index (χ0n) is 14.8. The smallest absolute Gasteiger partial charge is 0.191 e. The van der Waals surface area contributed by atoms with E-state index in [-0.39, 0.29) is 30.0 Å². The van der Waals surface area contributed by atoms with Crippen LogP contribution in [0.1, 0.15) is 11.6 Å². The highest BCUT2D eigenvalue weighted by Crippen LogP contribution is 2.27. The minimum Gasteiger partial charge on any atom is -0.379 e. The molecule has 1 unspecified atom stereocenters. The number of halogens is 2. The van der Waals surface area contributed by atoms with Crippen LogP contribution in [-0.4, -0.2) is 69.3 Å². The van der Waals surface area contributed by atoms with Crippen LogP contribution in [-0.2, 0) is 4.74 Å². The Hall–Kier alpha value is -0.220. The molecule has 0 aliphatic carbocycles. The third kappa shape index (κ3) is 7.50. The number of aliphatic imine (C=N–C) groups is 1. The SMILES string of the molecule is CN=C(NCCSC)NCC(c1ccccc1Cl)N1CCOCC1.I. The van der Waals surface area contributed by atoms with Crippen molar-refractivity contribution in [1.29, 1.82) is 0 Å². The monoisotopic (exact) mass is 498 g/mol. The lowest BCUT2D eigenvalue weighted by molar-refractivity contribution is 0.0170. The second kappa shape index (κ2) is 13.0. The van der Waals surface area contributed by atoms with Crippen molar-refractivity contribution >= 4 is 53.3 Å². The highest BCUT2D eigenvalue weighted by Gasteiger charge is 2.24. The summed E-state index contributed by atoms with van der Waals surface area (Å²) < 4.78 is 5.49. The van der Waals surface area contributed by atoms with Gasteiger partial charge in [0.1, 0.15) is 0 Å². The summed E-state index contributed by atoms with van der Waals surface area (Å²) in [4.78, 5) is 6.73. The van der Waals surface area contributed by atoms with Gasteiger partial charge in [-0.3, -0.25) is 9.89 Å². The van der Waals surface area contributed by atoms with Crippen LogP contribution in [0.3, 0.4) is 0 Å². The fourth-order valence-electron chi connectivity index (χ4n) is 2.76. The van der Waals surface area contributed by atoms with Gasteiger partial charge in [0, 0.05) is 44.0 Å². The molecule has 25 heavy (non-hydrogen) atoms. The van der Waals surface area contributed by atoms with Crippen LogP contribution in [0.15, 0.2) is 29.3 Å². The standard InChI is InChI=1S/C17H27ClN4OS.HI/c1-19-17(20-7-12-24-2)21-13-16(22-8-10-23-11-9-22)14-5-3-4-6-15(14)18;/h3-6,16H,7-13H2,1-2H3,(H2,19,20,21);1H. The Balaban J connectivity index is 0.00000312. The Labute approximate surface area is 177 Å². The van der Waals surface area contributed by atoms with Gasteiger partial charge in [0.25, 0.3) is 0 Å². The molecule has 1 aliphatic rings. The van der Waals surface area contributed by atoms with Gasteiger partial charge in [-0.2, -0.15) is 11.8 Å². The van der Waals surface area contributed by atoms with Gasteiger partial charge in [0.15, 0.2) is 5.96 Å². The first kappa shape index (κ1) is 22.8. The summed E-state index contributed by atoms with van der Waals surface area (Å²) in [7, 11) is 1.80. The lowest BCUT2D eigenvalue weighted by Gasteiger charge is -2.35. The topological polar surface area (TPSA) is 48.9 Å². The normalized spacial score (nSPS) is 16.8. The average molecular weight is 499 g/mol. The molecule has 1 aromatic carbocycles. The van der Waals surface area contributed by atoms with Gasteiger partial charge in [-0.05, 0) is 17.9 Å². The molecular formula is C17H28ClIN4OS. The number of guanidine groups is 1. The minimum absolute atomic E-state index is 0. The van der Waals surface area contributed by atoms with Gasteiger partial charge in [0.05, 0.1) is 19.3 Å². The lowest BCUT2D eigenvalue weighted by atomic mass is 10.0. The fraction of sp³-hybridized carbons (Fsp3) is 0.588. The quantitative estimate of drug-likeness (QED) is 0.262. The molecule has 0 amide bonds. The molecule has 0 aromatic heterocycles. The number of nitrogens with one attached hydrogen (secondary N) is 2. The van der Waals surface area contributed by atoms with Crippen LogP contribution in [0.4, 0.5) is 0 Å². The molecule has 1 saturated heterocycles. The number of hydrogen-bond acceptors (Lipinski definition) is 4. The maximum Gasteiger partial charge on any atom is 0.191 e. The maximum absolute atomic E-state index is 6.46. The van der Waals surface area contributed by atoms with E-state index in [2.05, 4.69) is 32.8 Å². The number of ether oxygens (including phenoxy) is 1. The van der Waals surface area contributed by atoms with Crippen LogP contribution in [0, 0.1) is 0 Å². The third-order valence-corrected chi connectivity index (χ3v) is 4.99. The zero-order valence-corrected chi connectivity index (χ0v) is 18.7. The van der Waals surface area contributed by atoms with Gasteiger partial charge in [-0.15, -0.1) is 24.0 Å². The number of rotatable bonds is 7. The van der Waals surface area contributed by atoms with Crippen molar-refractivity contribution < 1.29 is 4.74 Å². The number of nitrogens with zero attached hydrogens (tertiary/aromatic N) is 2. The summed E-state index contributed by atoms with van der Waals surface area (Å²) in [6, 6.07) is 8.27. The highest BCUT2D eigenvalue weighted by atomic mass is 127. The first-order valence-corrected chi connectivity index (χ1v) is 10.0. The minimum atomic E-state index is 0. The van der Waals surface area contributed by atoms with Crippen LogP contribution in [0.5, 0.6) is 0 Å². The summed E-state index contributed by atoms with van der Waals surface area (Å²) in [6.45, 7) is 5.01. The molecule has 1 atom stereocenters. The predicted molar refractivity (Wildman–Crippen MR) is 120 cm³/mol. The van der Waals surface area contributed by atoms with Crippen molar-refractivity contribution in [3.63, 3.8) is 0 Å². The molecule has 0 saturated carbocycles. The second-order valence-corrected chi connectivity index (χ2v) is 6.95. The summed E-state index contributed by atoms with van der Waals surface area (Å²) in [6.07, 6.45) is 2.10. The predicted octanol–water partition coefficient (Wildman–Crippen LogP) is 2.86. The van der Waals surface area contributed by atoms with Gasteiger partial charge in [-0.1, -0.05) is 29.8 Å². The largest absolute Gasteiger partial charge is 0.379 e. The van der Waals surface area contributed by atoms with Crippen molar-refractivity contribution in [3.05, 3.63) is 34.9 Å². The van der Waals surface area contributed by atoms with E-state index < -0.39 is 0 Å².